The van der Waals surface area contributed by atoms with Gasteiger partial charge in [0.05, 0.1) is 18.8 Å². The third kappa shape index (κ3) is 3.44. The molecule has 3 rings (SSSR count). The van der Waals surface area contributed by atoms with Crippen LogP contribution in [0.2, 0.25) is 0 Å². The van der Waals surface area contributed by atoms with Crippen LogP contribution in [-0.4, -0.2) is 51.5 Å². The monoisotopic (exact) mass is 316 g/mol. The lowest BCUT2D eigenvalue weighted by Crippen LogP contribution is -2.41. The van der Waals surface area contributed by atoms with Gasteiger partial charge in [-0.1, -0.05) is 11.6 Å². The molecule has 1 aromatic carbocycles. The van der Waals surface area contributed by atoms with Crippen LogP contribution in [0.3, 0.4) is 0 Å². The molecule has 2 heterocycles. The molecule has 4 heteroatoms. The van der Waals surface area contributed by atoms with Crippen molar-refractivity contribution in [2.45, 2.75) is 52.4 Å². The Bertz CT molecular complexity index is 684. The minimum atomic E-state index is -0.389. The van der Waals surface area contributed by atoms with Crippen molar-refractivity contribution in [1.29, 1.82) is 0 Å². The summed E-state index contributed by atoms with van der Waals surface area (Å²) in [6.07, 6.45) is 1.08. The minimum absolute atomic E-state index is 0.162. The zero-order chi connectivity index (χ0) is 16.6. The van der Waals surface area contributed by atoms with E-state index in [4.69, 9.17) is 0 Å². The number of β-amino-alcohol motifs (C(OH)–C–C–N with tert-alkyl or cyclic N) is 1. The maximum absolute atomic E-state index is 10.5. The van der Waals surface area contributed by atoms with Crippen LogP contribution in [-0.2, 0) is 6.54 Å². The number of nitrogens with zero attached hydrogens (tertiary/aromatic N) is 2. The fourth-order valence-electron chi connectivity index (χ4n) is 3.67. The summed E-state index contributed by atoms with van der Waals surface area (Å²) < 4.78 is 2.24. The van der Waals surface area contributed by atoms with E-state index >= 15 is 0 Å². The average molecular weight is 316 g/mol. The van der Waals surface area contributed by atoms with Crippen molar-refractivity contribution in [2.75, 3.05) is 19.6 Å². The number of aliphatic hydroxyl groups is 2. The molecule has 1 fully saturated rings. The number of hydrogen-bond donors (Lipinski definition) is 2. The van der Waals surface area contributed by atoms with Gasteiger partial charge in [0, 0.05) is 36.2 Å². The number of hydrogen-bond acceptors (Lipinski definition) is 3. The summed E-state index contributed by atoms with van der Waals surface area (Å²) in [4.78, 5) is 2.26. The number of piperidine rings is 1. The summed E-state index contributed by atoms with van der Waals surface area (Å²) >= 11 is 0. The molecule has 2 aromatic rings. The van der Waals surface area contributed by atoms with Crippen LogP contribution < -0.4 is 0 Å². The van der Waals surface area contributed by atoms with E-state index in [1.165, 1.54) is 27.7 Å². The molecule has 1 aliphatic rings. The molecule has 1 aromatic heterocycles. The number of aromatic nitrogens is 1. The van der Waals surface area contributed by atoms with Gasteiger partial charge in [0.15, 0.2) is 0 Å². The van der Waals surface area contributed by atoms with E-state index in [2.05, 4.69) is 48.4 Å². The molecule has 2 N–H and O–H groups in total. The highest BCUT2D eigenvalue weighted by molar-refractivity contribution is 5.85. The Morgan fingerprint density at radius 1 is 1.13 bits per heavy atom. The quantitative estimate of drug-likeness (QED) is 0.910. The molecule has 23 heavy (non-hydrogen) atoms. The molecule has 0 spiro atoms. The fraction of sp³-hybridized carbons (Fsp3) is 0.579. The highest BCUT2D eigenvalue weighted by Crippen LogP contribution is 2.26. The standard InChI is InChI=1S/C19H28N2O2/c1-13-4-5-19-18(10-13)14(2)15(3)21(19)12-17(23)11-20-8-6-16(22)7-9-20/h4-5,10,16-17,22-23H,6-9,11-12H2,1-3H3. The Labute approximate surface area is 138 Å². The second-order valence-electron chi connectivity index (χ2n) is 7.03. The SMILES string of the molecule is Cc1ccc2c(c1)c(C)c(C)n2CC(O)CN1CCC(O)CC1. The lowest BCUT2D eigenvalue weighted by molar-refractivity contribution is 0.0461. The maximum atomic E-state index is 10.5. The van der Waals surface area contributed by atoms with Gasteiger partial charge in [0.1, 0.15) is 0 Å². The van der Waals surface area contributed by atoms with Crippen LogP contribution in [0, 0.1) is 20.8 Å². The van der Waals surface area contributed by atoms with Crippen molar-refractivity contribution in [3.05, 3.63) is 35.0 Å². The van der Waals surface area contributed by atoms with Crippen molar-refractivity contribution in [3.8, 4) is 0 Å². The summed E-state index contributed by atoms with van der Waals surface area (Å²) in [7, 11) is 0. The normalized spacial score (nSPS) is 18.7. The first-order valence-corrected chi connectivity index (χ1v) is 8.60. The van der Waals surface area contributed by atoms with Crippen LogP contribution in [0.15, 0.2) is 18.2 Å². The zero-order valence-electron chi connectivity index (χ0n) is 14.4. The largest absolute Gasteiger partial charge is 0.393 e. The van der Waals surface area contributed by atoms with Crippen LogP contribution in [0.4, 0.5) is 0 Å². The molecule has 0 aliphatic carbocycles. The molecule has 0 saturated carbocycles. The smallest absolute Gasteiger partial charge is 0.0845 e. The molecule has 4 nitrogen and oxygen atoms in total. The molecule has 0 bridgehead atoms. The van der Waals surface area contributed by atoms with Gasteiger partial charge >= 0.3 is 0 Å². The number of benzene rings is 1. The minimum Gasteiger partial charge on any atom is -0.393 e. The lowest BCUT2D eigenvalue weighted by Gasteiger charge is -2.31. The van der Waals surface area contributed by atoms with Gasteiger partial charge in [-0.05, 0) is 51.3 Å². The van der Waals surface area contributed by atoms with Gasteiger partial charge in [-0.2, -0.15) is 0 Å². The third-order valence-corrected chi connectivity index (χ3v) is 5.21. The summed E-state index contributed by atoms with van der Waals surface area (Å²) in [5, 5.41) is 21.4. The Balaban J connectivity index is 1.74. The number of likely N-dealkylation sites (tertiary alicyclic amines) is 1. The van der Waals surface area contributed by atoms with E-state index in [0.29, 0.717) is 13.1 Å². The van der Waals surface area contributed by atoms with Gasteiger partial charge in [-0.25, -0.2) is 0 Å². The molecular formula is C19H28N2O2. The van der Waals surface area contributed by atoms with Gasteiger partial charge in [0.25, 0.3) is 0 Å². The molecule has 126 valence electrons. The molecule has 1 aliphatic heterocycles. The lowest BCUT2D eigenvalue weighted by atomic mass is 10.1. The molecule has 1 atom stereocenters. The van der Waals surface area contributed by atoms with E-state index in [9.17, 15) is 10.2 Å². The van der Waals surface area contributed by atoms with Gasteiger partial charge in [-0.15, -0.1) is 0 Å². The highest BCUT2D eigenvalue weighted by Gasteiger charge is 2.20. The maximum Gasteiger partial charge on any atom is 0.0845 e. The van der Waals surface area contributed by atoms with E-state index in [1.54, 1.807) is 0 Å². The van der Waals surface area contributed by atoms with Gasteiger partial charge in [0.2, 0.25) is 0 Å². The predicted molar refractivity (Wildman–Crippen MR) is 93.8 cm³/mol. The second kappa shape index (κ2) is 6.63. The van der Waals surface area contributed by atoms with E-state index in [-0.39, 0.29) is 12.2 Å². The highest BCUT2D eigenvalue weighted by atomic mass is 16.3. The Morgan fingerprint density at radius 3 is 2.52 bits per heavy atom. The number of aryl methyl sites for hydroxylation is 2. The van der Waals surface area contributed by atoms with Crippen LogP contribution in [0.5, 0.6) is 0 Å². The molecule has 0 radical (unpaired) electrons. The number of rotatable bonds is 4. The summed E-state index contributed by atoms with van der Waals surface area (Å²) in [6.45, 7) is 9.46. The van der Waals surface area contributed by atoms with Crippen molar-refractivity contribution >= 4 is 10.9 Å². The second-order valence-corrected chi connectivity index (χ2v) is 7.03. The summed E-state index contributed by atoms with van der Waals surface area (Å²) in [5.41, 5.74) is 5.01. The predicted octanol–water partition coefficient (Wildman–Crippen LogP) is 2.38. The van der Waals surface area contributed by atoms with E-state index < -0.39 is 0 Å². The Kier molecular flexibility index (Phi) is 4.76. The zero-order valence-corrected chi connectivity index (χ0v) is 14.4. The fourth-order valence-corrected chi connectivity index (χ4v) is 3.67. The molecule has 1 unspecified atom stereocenters. The first kappa shape index (κ1) is 16.5. The van der Waals surface area contributed by atoms with Gasteiger partial charge < -0.3 is 19.7 Å². The number of fused-ring (bicyclic) bond motifs is 1. The summed E-state index contributed by atoms with van der Waals surface area (Å²) in [5.74, 6) is 0. The Hall–Kier alpha value is -1.36. The van der Waals surface area contributed by atoms with E-state index in [1.807, 2.05) is 0 Å². The first-order chi connectivity index (χ1) is 11.0. The van der Waals surface area contributed by atoms with Crippen molar-refractivity contribution in [1.82, 2.24) is 9.47 Å². The molecule has 1 saturated heterocycles. The third-order valence-electron chi connectivity index (χ3n) is 5.21. The van der Waals surface area contributed by atoms with Crippen LogP contribution in [0.25, 0.3) is 10.9 Å². The first-order valence-electron chi connectivity index (χ1n) is 8.60. The van der Waals surface area contributed by atoms with E-state index in [0.717, 1.165) is 25.9 Å². The number of aliphatic hydroxyl groups excluding tert-OH is 2. The van der Waals surface area contributed by atoms with Crippen LogP contribution in [0.1, 0.15) is 29.7 Å². The summed E-state index contributed by atoms with van der Waals surface area (Å²) in [6, 6.07) is 6.53. The molecule has 0 amide bonds. The van der Waals surface area contributed by atoms with Crippen molar-refractivity contribution < 1.29 is 10.2 Å². The van der Waals surface area contributed by atoms with Crippen molar-refractivity contribution in [3.63, 3.8) is 0 Å². The average Bonchev–Trinajstić information content (AvgIpc) is 2.74. The Morgan fingerprint density at radius 2 is 1.83 bits per heavy atom. The topological polar surface area (TPSA) is 48.6 Å². The van der Waals surface area contributed by atoms with Crippen molar-refractivity contribution in [2.24, 2.45) is 0 Å². The van der Waals surface area contributed by atoms with Crippen LogP contribution >= 0.6 is 0 Å². The van der Waals surface area contributed by atoms with Gasteiger partial charge in [-0.3, -0.25) is 0 Å². The molecular weight excluding hydrogens is 288 g/mol.